The van der Waals surface area contributed by atoms with Crippen molar-refractivity contribution in [3.8, 4) is 5.75 Å². The Morgan fingerprint density at radius 3 is 2.66 bits per heavy atom. The van der Waals surface area contributed by atoms with Crippen LogP contribution in [0.5, 0.6) is 5.75 Å². The van der Waals surface area contributed by atoms with Gasteiger partial charge in [0.25, 0.3) is 0 Å². The van der Waals surface area contributed by atoms with Crippen molar-refractivity contribution in [2.45, 2.75) is 45.8 Å². The zero-order valence-electron chi connectivity index (χ0n) is 16.8. The molecule has 0 spiro atoms. The molecule has 1 amide bonds. The molecule has 6 nitrogen and oxygen atoms in total. The Kier molecular flexibility index (Phi) is 5.69. The minimum Gasteiger partial charge on any atom is -0.494 e. The number of hydrogen-bond donors (Lipinski definition) is 1. The lowest BCUT2D eigenvalue weighted by Crippen LogP contribution is -2.19. The molecule has 1 fully saturated rings. The van der Waals surface area contributed by atoms with Crippen LogP contribution in [-0.2, 0) is 24.3 Å². The van der Waals surface area contributed by atoms with E-state index in [1.54, 1.807) is 6.20 Å². The number of nitrogens with two attached hydrogens (primary N) is 1. The predicted molar refractivity (Wildman–Crippen MR) is 112 cm³/mol. The van der Waals surface area contributed by atoms with Gasteiger partial charge in [-0.3, -0.25) is 0 Å². The fourth-order valence-electron chi connectivity index (χ4n) is 3.84. The van der Waals surface area contributed by atoms with Crippen LogP contribution >= 0.6 is 0 Å². The zero-order valence-corrected chi connectivity index (χ0v) is 16.8. The Balaban J connectivity index is 1.62. The highest BCUT2D eigenvalue weighted by Gasteiger charge is 2.21. The molecule has 0 bridgehead atoms. The van der Waals surface area contributed by atoms with Crippen molar-refractivity contribution in [2.24, 2.45) is 11.7 Å². The number of ether oxygens (including phenoxy) is 2. The highest BCUT2D eigenvalue weighted by atomic mass is 16.5. The van der Waals surface area contributed by atoms with Crippen LogP contribution in [0.3, 0.4) is 0 Å². The van der Waals surface area contributed by atoms with Gasteiger partial charge in [0, 0.05) is 35.8 Å². The number of primary amides is 1. The van der Waals surface area contributed by atoms with Gasteiger partial charge in [-0.15, -0.1) is 0 Å². The number of carbonyl (C=O) groups excluding carboxylic acids is 1. The molecule has 152 valence electrons. The van der Waals surface area contributed by atoms with Crippen LogP contribution < -0.4 is 10.5 Å². The maximum atomic E-state index is 10.9. The number of pyridine rings is 1. The summed E-state index contributed by atoms with van der Waals surface area (Å²) in [5.74, 6) is 1.62. The van der Waals surface area contributed by atoms with Gasteiger partial charge in [0.05, 0.1) is 6.61 Å². The van der Waals surface area contributed by atoms with E-state index in [4.69, 9.17) is 15.2 Å². The Hall–Kier alpha value is -3.02. The van der Waals surface area contributed by atoms with Gasteiger partial charge in [0.15, 0.2) is 0 Å². The lowest BCUT2D eigenvalue weighted by molar-refractivity contribution is 0.150. The summed E-state index contributed by atoms with van der Waals surface area (Å²) in [5.41, 5.74) is 9.39. The molecule has 0 saturated heterocycles. The monoisotopic (exact) mass is 393 g/mol. The minimum absolute atomic E-state index is 0.139. The summed E-state index contributed by atoms with van der Waals surface area (Å²) < 4.78 is 12.8. The van der Waals surface area contributed by atoms with Crippen molar-refractivity contribution in [2.75, 3.05) is 6.61 Å². The third kappa shape index (κ3) is 4.53. The molecule has 1 aromatic carbocycles. The molecular weight excluding hydrogens is 366 g/mol. The van der Waals surface area contributed by atoms with E-state index in [2.05, 4.69) is 27.8 Å². The van der Waals surface area contributed by atoms with Crippen molar-refractivity contribution < 1.29 is 14.3 Å². The summed E-state index contributed by atoms with van der Waals surface area (Å²) in [6, 6.07) is 12.5. The van der Waals surface area contributed by atoms with Crippen molar-refractivity contribution in [3.63, 3.8) is 0 Å². The summed E-state index contributed by atoms with van der Waals surface area (Å²) in [6.45, 7) is 3.80. The number of rotatable bonds is 8. The lowest BCUT2D eigenvalue weighted by Gasteiger charge is -2.27. The van der Waals surface area contributed by atoms with Crippen LogP contribution in [0, 0.1) is 5.92 Å². The van der Waals surface area contributed by atoms with Gasteiger partial charge in [-0.05, 0) is 55.5 Å². The Morgan fingerprint density at radius 2 is 2.00 bits per heavy atom. The first-order valence-corrected chi connectivity index (χ1v) is 10.2. The van der Waals surface area contributed by atoms with Crippen LogP contribution in [0.4, 0.5) is 4.79 Å². The third-order valence-corrected chi connectivity index (χ3v) is 5.54. The van der Waals surface area contributed by atoms with Gasteiger partial charge in [-0.2, -0.15) is 0 Å². The molecular formula is C23H27N3O3. The molecule has 1 saturated carbocycles. The predicted octanol–water partition coefficient (Wildman–Crippen LogP) is 4.42. The average Bonchev–Trinajstić information content (AvgIpc) is 3.01. The Morgan fingerprint density at radius 1 is 1.21 bits per heavy atom. The molecule has 1 aliphatic carbocycles. The smallest absolute Gasteiger partial charge is 0.404 e. The summed E-state index contributed by atoms with van der Waals surface area (Å²) >= 11 is 0. The lowest BCUT2D eigenvalue weighted by atomic mass is 9.85. The maximum Gasteiger partial charge on any atom is 0.404 e. The van der Waals surface area contributed by atoms with E-state index in [1.165, 1.54) is 30.5 Å². The Labute approximate surface area is 170 Å². The summed E-state index contributed by atoms with van der Waals surface area (Å²) in [5, 5.41) is 1.07. The first kappa shape index (κ1) is 19.3. The number of aromatic nitrogens is 2. The molecule has 2 aromatic heterocycles. The van der Waals surface area contributed by atoms with Crippen LogP contribution in [0.25, 0.3) is 11.0 Å². The summed E-state index contributed by atoms with van der Waals surface area (Å²) in [4.78, 5) is 15.6. The molecule has 0 radical (unpaired) electrons. The zero-order chi connectivity index (χ0) is 20.2. The van der Waals surface area contributed by atoms with Crippen LogP contribution in [0.15, 0.2) is 42.6 Å². The number of amides is 1. The van der Waals surface area contributed by atoms with Crippen molar-refractivity contribution >= 4 is 17.1 Å². The quantitative estimate of drug-likeness (QED) is 0.614. The SMILES string of the molecule is CCOc1ccc(Cc2cc3cc(COC(N)=O)cnc3n2CC2CCC2)cc1. The highest BCUT2D eigenvalue weighted by molar-refractivity contribution is 5.78. The second-order valence-corrected chi connectivity index (χ2v) is 7.66. The standard InChI is InChI=1S/C23H27N3O3/c1-2-28-21-8-6-16(7-9-21)11-20-12-19-10-18(15-29-23(24)27)13-25-22(19)26(20)14-17-4-3-5-17/h6-10,12-13,17H,2-5,11,14-15H2,1H3,(H2,24,27). The summed E-state index contributed by atoms with van der Waals surface area (Å²) in [6.07, 6.45) is 5.72. The molecule has 3 aromatic rings. The molecule has 2 heterocycles. The van der Waals surface area contributed by atoms with E-state index >= 15 is 0 Å². The van der Waals surface area contributed by atoms with E-state index in [-0.39, 0.29) is 6.61 Å². The normalized spacial score (nSPS) is 14.0. The second-order valence-electron chi connectivity index (χ2n) is 7.66. The highest BCUT2D eigenvalue weighted by Crippen LogP contribution is 2.31. The van der Waals surface area contributed by atoms with Crippen LogP contribution in [0.1, 0.15) is 43.0 Å². The number of carbonyl (C=O) groups is 1. The van der Waals surface area contributed by atoms with Gasteiger partial charge < -0.3 is 19.8 Å². The molecule has 29 heavy (non-hydrogen) atoms. The summed E-state index contributed by atoms with van der Waals surface area (Å²) in [7, 11) is 0. The Bertz CT molecular complexity index is 991. The molecule has 4 rings (SSSR count). The largest absolute Gasteiger partial charge is 0.494 e. The van der Waals surface area contributed by atoms with Crippen LogP contribution in [-0.4, -0.2) is 22.3 Å². The third-order valence-electron chi connectivity index (χ3n) is 5.54. The van der Waals surface area contributed by atoms with Crippen molar-refractivity contribution in [1.29, 1.82) is 0 Å². The van der Waals surface area contributed by atoms with E-state index < -0.39 is 6.09 Å². The van der Waals surface area contributed by atoms with E-state index in [9.17, 15) is 4.79 Å². The van der Waals surface area contributed by atoms with Crippen molar-refractivity contribution in [1.82, 2.24) is 9.55 Å². The molecule has 1 aliphatic rings. The van der Waals surface area contributed by atoms with Crippen molar-refractivity contribution in [3.05, 3.63) is 59.4 Å². The van der Waals surface area contributed by atoms with E-state index in [1.807, 2.05) is 25.1 Å². The first-order valence-electron chi connectivity index (χ1n) is 10.2. The maximum absolute atomic E-state index is 10.9. The first-order chi connectivity index (χ1) is 14.1. The fourth-order valence-corrected chi connectivity index (χ4v) is 3.84. The van der Waals surface area contributed by atoms with Crippen LogP contribution in [0.2, 0.25) is 0 Å². The fraction of sp³-hybridized carbons (Fsp3) is 0.391. The molecule has 0 aliphatic heterocycles. The van der Waals surface area contributed by atoms with Gasteiger partial charge in [-0.1, -0.05) is 18.6 Å². The number of nitrogens with zero attached hydrogens (tertiary/aromatic N) is 2. The second kappa shape index (κ2) is 8.55. The number of fused-ring (bicyclic) bond motifs is 1. The average molecular weight is 393 g/mol. The molecule has 6 heteroatoms. The molecule has 0 atom stereocenters. The van der Waals surface area contributed by atoms with Gasteiger partial charge >= 0.3 is 6.09 Å². The topological polar surface area (TPSA) is 79.4 Å². The van der Waals surface area contributed by atoms with E-state index in [0.717, 1.165) is 41.2 Å². The minimum atomic E-state index is -0.774. The van der Waals surface area contributed by atoms with Gasteiger partial charge in [0.2, 0.25) is 0 Å². The van der Waals surface area contributed by atoms with E-state index in [0.29, 0.717) is 6.61 Å². The number of hydrogen-bond acceptors (Lipinski definition) is 4. The molecule has 2 N–H and O–H groups in total. The van der Waals surface area contributed by atoms with Gasteiger partial charge in [0.1, 0.15) is 18.0 Å². The van der Waals surface area contributed by atoms with Gasteiger partial charge in [-0.25, -0.2) is 9.78 Å². The number of benzene rings is 1. The molecule has 0 unspecified atom stereocenters.